The topological polar surface area (TPSA) is 267 Å². The van der Waals surface area contributed by atoms with Crippen LogP contribution in [0.5, 0.6) is 0 Å². The molecular weight excluding hydrogens is 453 g/mol. The molecule has 0 amide bonds. The van der Waals surface area contributed by atoms with Crippen molar-refractivity contribution in [3.05, 3.63) is 0 Å². The Labute approximate surface area is 188 Å². The number of nitrogens with two attached hydrogens (primary N) is 1. The van der Waals surface area contributed by atoms with Crippen molar-refractivity contribution in [2.45, 2.75) is 86.3 Å². The van der Waals surface area contributed by atoms with E-state index in [0.717, 1.165) is 4.90 Å². The summed E-state index contributed by atoms with van der Waals surface area (Å²) >= 11 is 0. The van der Waals surface area contributed by atoms with Crippen molar-refractivity contribution in [3.8, 4) is 0 Å². The standard InChI is InChI=1S/C18H34N2O13/c19-3-6(23)1-2-7(18(30)31)20(16-14(28)12(26)10(24)8(4-21)32-16)17-15(29)13(27)11(25)9(5-22)33-17/h6-17,21-29H,1-5,19H2,(H,30,31)/t6-,7+,8-,9-,10-,11+,12+,13+,14-,15-,16?,17?/m1/s1/i16+1. The van der Waals surface area contributed by atoms with Crippen LogP contribution in [0.3, 0.4) is 0 Å². The van der Waals surface area contributed by atoms with Crippen LogP contribution in [0.4, 0.5) is 0 Å². The molecule has 15 nitrogen and oxygen atoms in total. The number of ether oxygens (including phenoxy) is 2. The van der Waals surface area contributed by atoms with Gasteiger partial charge in [0, 0.05) is 6.54 Å². The minimum absolute atomic E-state index is 0.154. The Kier molecular flexibility index (Phi) is 10.3. The van der Waals surface area contributed by atoms with Gasteiger partial charge in [-0.15, -0.1) is 0 Å². The van der Waals surface area contributed by atoms with Crippen molar-refractivity contribution in [3.63, 3.8) is 0 Å². The third-order valence-corrected chi connectivity index (χ3v) is 6.01. The number of nitrogens with zero attached hydrogens (tertiary/aromatic N) is 1. The van der Waals surface area contributed by atoms with Crippen LogP contribution in [0, 0.1) is 0 Å². The maximum atomic E-state index is 12.2. The number of aliphatic carboxylic acids is 1. The molecule has 0 saturated carbocycles. The highest BCUT2D eigenvalue weighted by atomic mass is 16.6. The minimum Gasteiger partial charge on any atom is -0.480 e. The van der Waals surface area contributed by atoms with Gasteiger partial charge in [-0.25, -0.2) is 4.90 Å². The second-order valence-electron chi connectivity index (χ2n) is 8.21. The van der Waals surface area contributed by atoms with Gasteiger partial charge in [-0.1, -0.05) is 0 Å². The molecule has 2 saturated heterocycles. The van der Waals surface area contributed by atoms with Crippen LogP contribution >= 0.6 is 0 Å². The summed E-state index contributed by atoms with van der Waals surface area (Å²) in [5.41, 5.74) is 5.36. The van der Waals surface area contributed by atoms with Gasteiger partial charge in [-0.3, -0.25) is 4.79 Å². The molecule has 2 unspecified atom stereocenters. The third kappa shape index (κ3) is 5.96. The number of carbonyl (C=O) groups is 1. The van der Waals surface area contributed by atoms with Gasteiger partial charge in [0.2, 0.25) is 0 Å². The maximum absolute atomic E-state index is 12.2. The molecule has 0 aromatic rings. The van der Waals surface area contributed by atoms with E-state index in [1.54, 1.807) is 0 Å². The molecule has 33 heavy (non-hydrogen) atoms. The quantitative estimate of drug-likeness (QED) is 0.128. The Hall–Kier alpha value is -1.05. The molecule has 0 aromatic heterocycles. The number of aliphatic hydroxyl groups is 9. The van der Waals surface area contributed by atoms with Gasteiger partial charge in [0.25, 0.3) is 0 Å². The number of rotatable bonds is 10. The molecule has 12 N–H and O–H groups in total. The maximum Gasteiger partial charge on any atom is 0.321 e. The Bertz CT molecular complexity index is 590. The summed E-state index contributed by atoms with van der Waals surface area (Å²) in [4.78, 5) is 12.9. The normalized spacial score (nSPS) is 41.7. The van der Waals surface area contributed by atoms with Crippen molar-refractivity contribution in [1.29, 1.82) is 0 Å². The summed E-state index contributed by atoms with van der Waals surface area (Å²) < 4.78 is 10.9. The van der Waals surface area contributed by atoms with E-state index in [1.807, 2.05) is 0 Å². The van der Waals surface area contributed by atoms with E-state index in [4.69, 9.17) is 15.2 Å². The third-order valence-electron chi connectivity index (χ3n) is 6.01. The van der Waals surface area contributed by atoms with Crippen molar-refractivity contribution in [1.82, 2.24) is 4.90 Å². The SMILES string of the molecule is NC[C@H](O)CC[C@@H](C(=O)O)N(C1O[C@H](CO)[C@H](O)[C@H](O)[C@H]1O)[13CH]1O[C@H](CO)[C@@H](O)[C@H](O)[C@H]1O. The van der Waals surface area contributed by atoms with Crippen LogP contribution in [0.1, 0.15) is 12.8 Å². The highest BCUT2D eigenvalue weighted by Crippen LogP contribution is 2.33. The first-order valence-electron chi connectivity index (χ1n) is 10.5. The zero-order valence-electron chi connectivity index (χ0n) is 17.7. The molecule has 2 aliphatic heterocycles. The molecule has 0 bridgehead atoms. The predicted molar refractivity (Wildman–Crippen MR) is 105 cm³/mol. The van der Waals surface area contributed by atoms with Gasteiger partial charge in [-0.2, -0.15) is 0 Å². The summed E-state index contributed by atoms with van der Waals surface area (Å²) in [5.74, 6) is -1.53. The van der Waals surface area contributed by atoms with E-state index in [9.17, 15) is 55.9 Å². The van der Waals surface area contributed by atoms with Crippen molar-refractivity contribution in [2.75, 3.05) is 19.8 Å². The lowest BCUT2D eigenvalue weighted by Crippen LogP contribution is -2.72. The van der Waals surface area contributed by atoms with Crippen LogP contribution < -0.4 is 5.73 Å². The summed E-state index contributed by atoms with van der Waals surface area (Å²) in [6.45, 7) is -1.84. The largest absolute Gasteiger partial charge is 0.480 e. The molecule has 0 aromatic carbocycles. The first-order valence-corrected chi connectivity index (χ1v) is 10.5. The number of aliphatic hydroxyl groups excluding tert-OH is 9. The van der Waals surface area contributed by atoms with Crippen LogP contribution in [0.25, 0.3) is 0 Å². The van der Waals surface area contributed by atoms with Crippen LogP contribution in [0.15, 0.2) is 0 Å². The van der Waals surface area contributed by atoms with Gasteiger partial charge in [-0.05, 0) is 12.8 Å². The van der Waals surface area contributed by atoms with Gasteiger partial charge in [0.15, 0.2) is 0 Å². The molecule has 2 fully saturated rings. The first kappa shape index (κ1) is 28.2. The van der Waals surface area contributed by atoms with E-state index in [-0.39, 0.29) is 19.4 Å². The van der Waals surface area contributed by atoms with E-state index >= 15 is 0 Å². The van der Waals surface area contributed by atoms with Crippen molar-refractivity contribution >= 4 is 5.97 Å². The molecule has 194 valence electrons. The molecule has 0 spiro atoms. The second kappa shape index (κ2) is 12.1. The number of hydrogen-bond donors (Lipinski definition) is 11. The smallest absolute Gasteiger partial charge is 0.321 e. The average molecular weight is 487 g/mol. The lowest BCUT2D eigenvalue weighted by atomic mass is 9.96. The van der Waals surface area contributed by atoms with Crippen LogP contribution in [0.2, 0.25) is 0 Å². The summed E-state index contributed by atoms with van der Waals surface area (Å²) in [7, 11) is 0. The van der Waals surface area contributed by atoms with Gasteiger partial charge in [0.1, 0.15) is 67.3 Å². The molecule has 12 atom stereocenters. The monoisotopic (exact) mass is 487 g/mol. The Morgan fingerprint density at radius 3 is 1.55 bits per heavy atom. The molecule has 15 heteroatoms. The summed E-state index contributed by atoms with van der Waals surface area (Å²) in [6.07, 6.45) is -19.4. The summed E-state index contributed by atoms with van der Waals surface area (Å²) in [5, 5.41) is 100. The Morgan fingerprint density at radius 2 is 1.21 bits per heavy atom. The Balaban J connectivity index is 2.51. The number of hydrogen-bond acceptors (Lipinski definition) is 14. The van der Waals surface area contributed by atoms with Crippen molar-refractivity contribution < 1.29 is 65.3 Å². The highest BCUT2D eigenvalue weighted by Gasteiger charge is 2.55. The Morgan fingerprint density at radius 1 is 0.788 bits per heavy atom. The molecule has 0 aliphatic carbocycles. The van der Waals surface area contributed by atoms with E-state index < -0.39 is 92.6 Å². The van der Waals surface area contributed by atoms with Crippen LogP contribution in [-0.4, -0.2) is 155 Å². The summed E-state index contributed by atoms with van der Waals surface area (Å²) in [6, 6.07) is -1.69. The number of carboxylic acid groups (broad SMARTS) is 1. The van der Waals surface area contributed by atoms with Crippen molar-refractivity contribution in [2.24, 2.45) is 5.73 Å². The van der Waals surface area contributed by atoms with E-state index in [0.29, 0.717) is 0 Å². The zero-order valence-corrected chi connectivity index (χ0v) is 17.7. The van der Waals surface area contributed by atoms with Gasteiger partial charge in [0.05, 0.1) is 19.3 Å². The number of carboxylic acids is 1. The molecule has 2 rings (SSSR count). The van der Waals surface area contributed by atoms with E-state index in [2.05, 4.69) is 0 Å². The fraction of sp³-hybridized carbons (Fsp3) is 0.944. The highest BCUT2D eigenvalue weighted by molar-refractivity contribution is 5.73. The average Bonchev–Trinajstić information content (AvgIpc) is 2.79. The molecular formula is C18H34N2O13. The molecule has 0 radical (unpaired) electrons. The van der Waals surface area contributed by atoms with Crippen LogP contribution in [-0.2, 0) is 14.3 Å². The van der Waals surface area contributed by atoms with E-state index in [1.165, 1.54) is 0 Å². The lowest BCUT2D eigenvalue weighted by molar-refractivity contribution is -0.329. The predicted octanol–water partition coefficient (Wildman–Crippen LogP) is -6.56. The minimum atomic E-state index is -1.98. The molecule has 2 heterocycles. The molecule has 2 aliphatic rings. The van der Waals surface area contributed by atoms with Gasteiger partial charge >= 0.3 is 5.97 Å². The first-order chi connectivity index (χ1) is 15.5. The fourth-order valence-electron chi connectivity index (χ4n) is 4.02. The lowest BCUT2D eigenvalue weighted by Gasteiger charge is -2.52. The van der Waals surface area contributed by atoms with Gasteiger partial charge < -0.3 is 66.3 Å². The second-order valence-corrected chi connectivity index (χ2v) is 8.21. The fourth-order valence-corrected chi connectivity index (χ4v) is 4.02. The zero-order chi connectivity index (χ0) is 25.0.